The highest BCUT2D eigenvalue weighted by Crippen LogP contribution is 2.40. The van der Waals surface area contributed by atoms with Crippen molar-refractivity contribution >= 4 is 20.9 Å². The van der Waals surface area contributed by atoms with Crippen LogP contribution in [-0.4, -0.2) is 51.6 Å². The van der Waals surface area contributed by atoms with Crippen LogP contribution < -0.4 is 15.9 Å². The molecule has 0 N–H and O–H groups in total. The second kappa shape index (κ2) is 12.6. The normalized spacial score (nSPS) is 12.1. The van der Waals surface area contributed by atoms with Gasteiger partial charge in [-0.3, -0.25) is 9.59 Å². The van der Waals surface area contributed by atoms with E-state index in [9.17, 15) is 31.2 Å². The van der Waals surface area contributed by atoms with Crippen molar-refractivity contribution in [3.8, 4) is 39.3 Å². The van der Waals surface area contributed by atoms with E-state index in [0.29, 0.717) is 35.2 Å². The quantitative estimate of drug-likeness (QED) is 0.189. The Kier molecular flexibility index (Phi) is 8.58. The van der Waals surface area contributed by atoms with Gasteiger partial charge in [-0.05, 0) is 48.4 Å². The molecule has 4 heterocycles. The number of hydrogen-bond donors (Lipinski definition) is 0. The molecule has 0 atom stereocenters. The average molecular weight is 694 g/mol. The van der Waals surface area contributed by atoms with E-state index < -0.39 is 27.4 Å². The summed E-state index contributed by atoms with van der Waals surface area (Å²) in [7, 11) is -0.0312. The third-order valence-corrected chi connectivity index (χ3v) is 9.74. The molecular formula is C34H30F3N5O6S. The van der Waals surface area contributed by atoms with Gasteiger partial charge in [-0.2, -0.15) is 9.78 Å². The number of aromatic nitrogens is 5. The van der Waals surface area contributed by atoms with E-state index in [4.69, 9.17) is 9.47 Å². The lowest BCUT2D eigenvalue weighted by Crippen LogP contribution is -2.23. The lowest BCUT2D eigenvalue weighted by Gasteiger charge is -2.16. The summed E-state index contributed by atoms with van der Waals surface area (Å²) in [6, 6.07) is 15.6. The zero-order valence-electron chi connectivity index (χ0n) is 26.7. The van der Waals surface area contributed by atoms with E-state index in [2.05, 4.69) is 5.10 Å². The summed E-state index contributed by atoms with van der Waals surface area (Å²) in [5.74, 6) is 0.527. The van der Waals surface area contributed by atoms with E-state index in [1.54, 1.807) is 63.7 Å². The first-order valence-electron chi connectivity index (χ1n) is 14.8. The zero-order chi connectivity index (χ0) is 35.2. The molecule has 0 saturated heterocycles. The third kappa shape index (κ3) is 6.18. The number of halogens is 3. The van der Waals surface area contributed by atoms with Gasteiger partial charge in [0.25, 0.3) is 21.1 Å². The van der Waals surface area contributed by atoms with Crippen LogP contribution in [0.25, 0.3) is 44.4 Å². The number of methoxy groups -OCH3 is 1. The summed E-state index contributed by atoms with van der Waals surface area (Å²) < 4.78 is 83.5. The highest BCUT2D eigenvalue weighted by Gasteiger charge is 2.34. The summed E-state index contributed by atoms with van der Waals surface area (Å²) in [4.78, 5) is 26.8. The smallest absolute Gasteiger partial charge is 0.491 e. The number of benzene rings is 2. The molecule has 0 aliphatic heterocycles. The van der Waals surface area contributed by atoms with Crippen molar-refractivity contribution in [2.24, 2.45) is 14.1 Å². The number of pyridine rings is 2. The van der Waals surface area contributed by atoms with Gasteiger partial charge in [0.2, 0.25) is 0 Å². The van der Waals surface area contributed by atoms with Crippen LogP contribution in [0.3, 0.4) is 0 Å². The predicted octanol–water partition coefficient (Wildman–Crippen LogP) is 5.28. The monoisotopic (exact) mass is 693 g/mol. The first-order chi connectivity index (χ1) is 23.2. The molecule has 6 aromatic rings. The topological polar surface area (TPSA) is 119 Å². The molecular weight excluding hydrogens is 663 g/mol. The van der Waals surface area contributed by atoms with E-state index >= 15 is 0 Å². The molecule has 0 radical (unpaired) electrons. The van der Waals surface area contributed by atoms with E-state index in [1.165, 1.54) is 46.6 Å². The van der Waals surface area contributed by atoms with Crippen molar-refractivity contribution in [1.29, 1.82) is 0 Å². The first-order valence-corrected chi connectivity index (χ1v) is 16.3. The highest BCUT2D eigenvalue weighted by atomic mass is 32.2. The molecule has 15 heteroatoms. The maximum Gasteiger partial charge on any atom is 0.504 e. The summed E-state index contributed by atoms with van der Waals surface area (Å²) in [5, 5.41) is 3.50. The molecule has 254 valence electrons. The average Bonchev–Trinajstić information content (AvgIpc) is 3.71. The van der Waals surface area contributed by atoms with Gasteiger partial charge in [0.05, 0.1) is 23.4 Å². The Balaban J connectivity index is 1.69. The van der Waals surface area contributed by atoms with Crippen LogP contribution in [0.2, 0.25) is 0 Å². The van der Waals surface area contributed by atoms with Crippen molar-refractivity contribution in [2.45, 2.75) is 18.1 Å². The molecule has 0 bridgehead atoms. The Bertz CT molecular complexity index is 2440. The van der Waals surface area contributed by atoms with Crippen molar-refractivity contribution in [3.63, 3.8) is 0 Å². The largest absolute Gasteiger partial charge is 0.504 e. The first kappa shape index (κ1) is 33.5. The highest BCUT2D eigenvalue weighted by molar-refractivity contribution is 7.90. The van der Waals surface area contributed by atoms with Crippen LogP contribution >= 0.6 is 0 Å². The molecule has 0 spiro atoms. The molecule has 2 aromatic carbocycles. The molecule has 0 unspecified atom stereocenters. The zero-order valence-corrected chi connectivity index (χ0v) is 27.5. The Morgan fingerprint density at radius 3 is 2.22 bits per heavy atom. The van der Waals surface area contributed by atoms with Crippen molar-refractivity contribution in [1.82, 2.24) is 22.9 Å². The predicted molar refractivity (Wildman–Crippen MR) is 177 cm³/mol. The van der Waals surface area contributed by atoms with Gasteiger partial charge in [0.1, 0.15) is 17.9 Å². The fourth-order valence-corrected chi connectivity index (χ4v) is 7.07. The van der Waals surface area contributed by atoms with Gasteiger partial charge in [-0.1, -0.05) is 29.8 Å². The van der Waals surface area contributed by atoms with Crippen LogP contribution in [-0.2, 0) is 35.2 Å². The number of hydrogen-bond acceptors (Lipinski definition) is 7. The Morgan fingerprint density at radius 1 is 0.837 bits per heavy atom. The SMILES string of the molecule is COCCOc1cccc(-c2cn(C)c(=O)cc2-c2cn(C)c(=O)c3c2cc(-c2cnn(C(F)(F)F)c2)n3S(=O)(=O)c2ccc(C)cc2)c1. The van der Waals surface area contributed by atoms with Crippen LogP contribution in [0.1, 0.15) is 5.56 Å². The van der Waals surface area contributed by atoms with Gasteiger partial charge in [0, 0.05) is 67.9 Å². The standard InChI is InChI=1S/C34H30F3N5O6S/c1-21-8-10-25(11-9-21)49(45,46)42-30(23-17-38-41(18-23)34(35,36)37)15-27-29(20-40(3)33(44)32(27)42)26-16-31(43)39(2)19-28(26)22-6-5-7-24(14-22)48-13-12-47-4/h5-11,14-20H,12-13H2,1-4H3. The van der Waals surface area contributed by atoms with E-state index in [0.717, 1.165) is 15.7 Å². The summed E-state index contributed by atoms with van der Waals surface area (Å²) >= 11 is 0. The second-order valence-corrected chi connectivity index (χ2v) is 13.2. The lowest BCUT2D eigenvalue weighted by atomic mass is 9.95. The van der Waals surface area contributed by atoms with Crippen LogP contribution in [0.5, 0.6) is 5.75 Å². The van der Waals surface area contributed by atoms with E-state index in [1.807, 2.05) is 0 Å². The number of ether oxygens (including phenoxy) is 2. The minimum atomic E-state index is -4.88. The minimum Gasteiger partial charge on any atom is -0.491 e. The number of nitrogens with zero attached hydrogens (tertiary/aromatic N) is 5. The molecule has 0 fully saturated rings. The minimum absolute atomic E-state index is 0.0931. The summed E-state index contributed by atoms with van der Waals surface area (Å²) in [6.07, 6.45) is -0.276. The van der Waals surface area contributed by atoms with Gasteiger partial charge in [-0.15, -0.1) is 13.2 Å². The Labute approximate surface area is 278 Å². The van der Waals surface area contributed by atoms with Gasteiger partial charge >= 0.3 is 6.30 Å². The fourth-order valence-electron chi connectivity index (χ4n) is 5.54. The number of fused-ring (bicyclic) bond motifs is 1. The molecule has 11 nitrogen and oxygen atoms in total. The fraction of sp³-hybridized carbons (Fsp3) is 0.206. The van der Waals surface area contributed by atoms with E-state index in [-0.39, 0.29) is 43.9 Å². The molecule has 6 rings (SSSR count). The number of alkyl halides is 3. The Hall–Kier alpha value is -5.41. The maximum atomic E-state index is 14.4. The van der Waals surface area contributed by atoms with Crippen LogP contribution in [0, 0.1) is 6.92 Å². The number of aryl methyl sites for hydroxylation is 3. The molecule has 4 aromatic heterocycles. The third-order valence-electron chi connectivity index (χ3n) is 8.01. The van der Waals surface area contributed by atoms with Crippen LogP contribution in [0.15, 0.2) is 99.9 Å². The molecule has 0 amide bonds. The van der Waals surface area contributed by atoms with Gasteiger partial charge < -0.3 is 18.6 Å². The van der Waals surface area contributed by atoms with Crippen molar-refractivity contribution in [2.75, 3.05) is 20.3 Å². The van der Waals surface area contributed by atoms with Crippen molar-refractivity contribution in [3.05, 3.63) is 112 Å². The molecule has 0 aliphatic carbocycles. The second-order valence-electron chi connectivity index (χ2n) is 11.4. The molecule has 49 heavy (non-hydrogen) atoms. The Morgan fingerprint density at radius 2 is 1.55 bits per heavy atom. The van der Waals surface area contributed by atoms with Crippen molar-refractivity contribution < 1.29 is 31.1 Å². The summed E-state index contributed by atoms with van der Waals surface area (Å²) in [6.45, 7) is 2.42. The summed E-state index contributed by atoms with van der Waals surface area (Å²) in [5.41, 5.74) is 0.705. The lowest BCUT2D eigenvalue weighted by molar-refractivity contribution is -0.212. The van der Waals surface area contributed by atoms with Gasteiger partial charge in [-0.25, -0.2) is 12.4 Å². The number of rotatable bonds is 9. The molecule has 0 aliphatic rings. The van der Waals surface area contributed by atoms with Crippen LogP contribution in [0.4, 0.5) is 13.2 Å². The molecule has 0 saturated carbocycles. The van der Waals surface area contributed by atoms with Gasteiger partial charge in [0.15, 0.2) is 0 Å². The maximum absolute atomic E-state index is 14.4.